The standard InChI is InChI=1S/C22H26ClN7/c1-16-2-3-18(15-19(16)23)27-22-26-8-5-20(28-22)17-4-7-25-21(14-17)30-12-10-29(9-6-24)11-13-30/h2-5,7-8,14-15H,6,9-13,24H2,1H3,(H,26,27,28)/p+1. The van der Waals surface area contributed by atoms with Gasteiger partial charge in [-0.2, -0.15) is 0 Å². The van der Waals surface area contributed by atoms with Gasteiger partial charge in [-0.15, -0.1) is 0 Å². The SMILES string of the molecule is Cc1ccc(Nc2nccc(-c3ccnc(N4CCN(CC[NH3+])CC4)c3)n2)cc1Cl. The van der Waals surface area contributed by atoms with Gasteiger partial charge in [0.15, 0.2) is 0 Å². The molecule has 1 saturated heterocycles. The summed E-state index contributed by atoms with van der Waals surface area (Å²) in [5.74, 6) is 1.52. The molecule has 7 nitrogen and oxygen atoms in total. The van der Waals surface area contributed by atoms with Crippen molar-refractivity contribution in [3.63, 3.8) is 0 Å². The third-order valence-electron chi connectivity index (χ3n) is 5.30. The molecule has 0 radical (unpaired) electrons. The molecule has 2 aromatic heterocycles. The van der Waals surface area contributed by atoms with Crippen molar-refractivity contribution in [1.29, 1.82) is 0 Å². The first-order valence-corrected chi connectivity index (χ1v) is 10.6. The highest BCUT2D eigenvalue weighted by Crippen LogP contribution is 2.25. The highest BCUT2D eigenvalue weighted by molar-refractivity contribution is 6.31. The van der Waals surface area contributed by atoms with Crippen LogP contribution in [-0.2, 0) is 0 Å². The van der Waals surface area contributed by atoms with E-state index < -0.39 is 0 Å². The first-order valence-electron chi connectivity index (χ1n) is 10.2. The normalized spacial score (nSPS) is 14.7. The number of quaternary nitrogens is 1. The Bertz CT molecular complexity index is 1000. The number of anilines is 3. The first kappa shape index (κ1) is 20.5. The predicted octanol–water partition coefficient (Wildman–Crippen LogP) is 2.61. The van der Waals surface area contributed by atoms with Crippen LogP contribution < -0.4 is 16.0 Å². The van der Waals surface area contributed by atoms with E-state index in [1.807, 2.05) is 43.5 Å². The molecule has 0 unspecified atom stereocenters. The van der Waals surface area contributed by atoms with Crippen molar-refractivity contribution in [2.45, 2.75) is 6.92 Å². The molecule has 1 aliphatic rings. The van der Waals surface area contributed by atoms with E-state index >= 15 is 0 Å². The molecule has 1 aliphatic heterocycles. The lowest BCUT2D eigenvalue weighted by Gasteiger charge is -2.34. The molecule has 0 spiro atoms. The fourth-order valence-corrected chi connectivity index (χ4v) is 3.73. The summed E-state index contributed by atoms with van der Waals surface area (Å²) in [7, 11) is 0. The molecule has 30 heavy (non-hydrogen) atoms. The molecule has 1 aromatic carbocycles. The van der Waals surface area contributed by atoms with Gasteiger partial charge in [0.05, 0.1) is 12.2 Å². The number of pyridine rings is 1. The Balaban J connectivity index is 1.50. The largest absolute Gasteiger partial charge is 0.357 e. The second-order valence-corrected chi connectivity index (χ2v) is 7.85. The molecule has 8 heteroatoms. The highest BCUT2D eigenvalue weighted by atomic mass is 35.5. The van der Waals surface area contributed by atoms with Crippen LogP contribution in [0.25, 0.3) is 11.3 Å². The van der Waals surface area contributed by atoms with Crippen LogP contribution >= 0.6 is 11.6 Å². The Labute approximate surface area is 181 Å². The van der Waals surface area contributed by atoms with Crippen molar-refractivity contribution < 1.29 is 5.73 Å². The fourth-order valence-electron chi connectivity index (χ4n) is 3.55. The Hall–Kier alpha value is -2.74. The number of piperazine rings is 1. The maximum atomic E-state index is 6.23. The molecule has 4 N–H and O–H groups in total. The molecule has 0 bridgehead atoms. The van der Waals surface area contributed by atoms with E-state index in [0.717, 1.165) is 67.6 Å². The van der Waals surface area contributed by atoms with E-state index in [-0.39, 0.29) is 0 Å². The van der Waals surface area contributed by atoms with Gasteiger partial charge in [0, 0.05) is 61.4 Å². The molecule has 4 rings (SSSR count). The summed E-state index contributed by atoms with van der Waals surface area (Å²) in [5, 5.41) is 3.95. The third kappa shape index (κ3) is 4.87. The molecule has 0 amide bonds. The molecule has 156 valence electrons. The maximum absolute atomic E-state index is 6.23. The van der Waals surface area contributed by atoms with Gasteiger partial charge < -0.3 is 16.0 Å². The summed E-state index contributed by atoms with van der Waals surface area (Å²) < 4.78 is 0. The van der Waals surface area contributed by atoms with Gasteiger partial charge in [0.1, 0.15) is 5.82 Å². The highest BCUT2D eigenvalue weighted by Gasteiger charge is 2.18. The Morgan fingerprint density at radius 3 is 2.60 bits per heavy atom. The van der Waals surface area contributed by atoms with Gasteiger partial charge >= 0.3 is 0 Å². The average Bonchev–Trinajstić information content (AvgIpc) is 2.77. The Morgan fingerprint density at radius 2 is 1.83 bits per heavy atom. The monoisotopic (exact) mass is 424 g/mol. The van der Waals surface area contributed by atoms with Crippen molar-refractivity contribution in [2.75, 3.05) is 49.5 Å². The van der Waals surface area contributed by atoms with Crippen molar-refractivity contribution in [3.8, 4) is 11.3 Å². The maximum Gasteiger partial charge on any atom is 0.227 e. The summed E-state index contributed by atoms with van der Waals surface area (Å²) in [6.45, 7) is 8.02. The zero-order valence-corrected chi connectivity index (χ0v) is 17.9. The van der Waals surface area contributed by atoms with E-state index in [4.69, 9.17) is 11.6 Å². The summed E-state index contributed by atoms with van der Waals surface area (Å²) in [4.78, 5) is 18.4. The molecule has 0 saturated carbocycles. The summed E-state index contributed by atoms with van der Waals surface area (Å²) in [5.41, 5.74) is 7.72. The average molecular weight is 425 g/mol. The van der Waals surface area contributed by atoms with Crippen LogP contribution in [0.3, 0.4) is 0 Å². The van der Waals surface area contributed by atoms with Gasteiger partial charge in [-0.3, -0.25) is 4.90 Å². The lowest BCUT2D eigenvalue weighted by molar-refractivity contribution is -0.368. The lowest BCUT2D eigenvalue weighted by Crippen LogP contribution is -2.57. The molecule has 3 aromatic rings. The van der Waals surface area contributed by atoms with E-state index in [0.29, 0.717) is 11.0 Å². The van der Waals surface area contributed by atoms with Crippen LogP contribution in [0.4, 0.5) is 17.5 Å². The second kappa shape index (κ2) is 9.38. The topological polar surface area (TPSA) is 84.8 Å². The number of rotatable bonds is 6. The van der Waals surface area contributed by atoms with Gasteiger partial charge in [-0.25, -0.2) is 15.0 Å². The number of nitrogens with one attached hydrogen (secondary N) is 1. The molecule has 0 atom stereocenters. The Kier molecular flexibility index (Phi) is 6.42. The number of benzene rings is 1. The quantitative estimate of drug-likeness (QED) is 0.632. The van der Waals surface area contributed by atoms with Gasteiger partial charge in [0.25, 0.3) is 0 Å². The summed E-state index contributed by atoms with van der Waals surface area (Å²) in [6.07, 6.45) is 3.61. The zero-order valence-electron chi connectivity index (χ0n) is 17.2. The minimum atomic E-state index is 0.535. The van der Waals surface area contributed by atoms with Crippen LogP contribution in [0.15, 0.2) is 48.8 Å². The van der Waals surface area contributed by atoms with E-state index in [1.165, 1.54) is 0 Å². The minimum Gasteiger partial charge on any atom is -0.357 e. The van der Waals surface area contributed by atoms with Crippen LogP contribution in [0.5, 0.6) is 0 Å². The minimum absolute atomic E-state index is 0.535. The van der Waals surface area contributed by atoms with Crippen LogP contribution in [0.1, 0.15) is 5.56 Å². The summed E-state index contributed by atoms with van der Waals surface area (Å²) >= 11 is 6.23. The molecule has 0 aliphatic carbocycles. The van der Waals surface area contributed by atoms with Gasteiger partial charge in [-0.1, -0.05) is 17.7 Å². The van der Waals surface area contributed by atoms with Crippen molar-refractivity contribution >= 4 is 29.1 Å². The number of aryl methyl sites for hydroxylation is 1. The molecule has 3 heterocycles. The van der Waals surface area contributed by atoms with E-state index in [9.17, 15) is 0 Å². The van der Waals surface area contributed by atoms with E-state index in [1.54, 1.807) is 6.20 Å². The predicted molar refractivity (Wildman–Crippen MR) is 121 cm³/mol. The smallest absolute Gasteiger partial charge is 0.227 e. The third-order valence-corrected chi connectivity index (χ3v) is 5.70. The van der Waals surface area contributed by atoms with E-state index in [2.05, 4.69) is 41.9 Å². The number of hydrogen-bond donors (Lipinski definition) is 2. The number of aromatic nitrogens is 3. The van der Waals surface area contributed by atoms with Crippen molar-refractivity contribution in [1.82, 2.24) is 19.9 Å². The zero-order chi connectivity index (χ0) is 20.9. The second-order valence-electron chi connectivity index (χ2n) is 7.44. The van der Waals surface area contributed by atoms with Crippen molar-refractivity contribution in [2.24, 2.45) is 0 Å². The summed E-state index contributed by atoms with van der Waals surface area (Å²) in [6, 6.07) is 11.8. The van der Waals surface area contributed by atoms with Gasteiger partial charge in [-0.05, 0) is 42.8 Å². The number of nitrogens with zero attached hydrogens (tertiary/aromatic N) is 5. The Morgan fingerprint density at radius 1 is 1.03 bits per heavy atom. The number of halogens is 1. The lowest BCUT2D eigenvalue weighted by atomic mass is 10.2. The van der Waals surface area contributed by atoms with Crippen LogP contribution in [-0.4, -0.2) is 59.1 Å². The fraction of sp³-hybridized carbons (Fsp3) is 0.318. The molecular weight excluding hydrogens is 398 g/mol. The number of hydrogen-bond acceptors (Lipinski definition) is 6. The van der Waals surface area contributed by atoms with Crippen LogP contribution in [0.2, 0.25) is 5.02 Å². The molecule has 1 fully saturated rings. The first-order chi connectivity index (χ1) is 14.6. The van der Waals surface area contributed by atoms with Gasteiger partial charge in [0.2, 0.25) is 5.95 Å². The van der Waals surface area contributed by atoms with Crippen molar-refractivity contribution in [3.05, 3.63) is 59.4 Å². The molecular formula is C22H27ClN7+. The van der Waals surface area contributed by atoms with Crippen LogP contribution in [0, 0.1) is 6.92 Å².